The van der Waals surface area contributed by atoms with E-state index in [1.807, 2.05) is 11.9 Å². The molecule has 0 aromatic rings. The molecule has 2 N–H and O–H groups in total. The second-order valence-electron chi connectivity index (χ2n) is 6.05. The topological polar surface area (TPSA) is 46.3 Å². The van der Waals surface area contributed by atoms with E-state index in [4.69, 9.17) is 5.73 Å². The first-order valence-corrected chi connectivity index (χ1v) is 7.10. The molecule has 2 aliphatic carbocycles. The maximum Gasteiger partial charge on any atom is 0.225 e. The lowest BCUT2D eigenvalue weighted by Gasteiger charge is -2.33. The van der Waals surface area contributed by atoms with E-state index < -0.39 is 0 Å². The lowest BCUT2D eigenvalue weighted by atomic mass is 9.82. The largest absolute Gasteiger partial charge is 0.341 e. The van der Waals surface area contributed by atoms with Crippen LogP contribution in [0.25, 0.3) is 0 Å². The van der Waals surface area contributed by atoms with Gasteiger partial charge in [-0.3, -0.25) is 4.79 Å². The molecule has 0 aromatic heterocycles. The fourth-order valence-corrected chi connectivity index (χ4v) is 3.11. The molecule has 1 atom stereocenters. The zero-order valence-electron chi connectivity index (χ0n) is 11.2. The van der Waals surface area contributed by atoms with Crippen LogP contribution in [0.1, 0.15) is 45.4 Å². The maximum atomic E-state index is 12.4. The van der Waals surface area contributed by atoms with Crippen molar-refractivity contribution in [1.82, 2.24) is 4.90 Å². The third kappa shape index (κ3) is 3.01. The van der Waals surface area contributed by atoms with Crippen molar-refractivity contribution >= 4 is 5.91 Å². The molecular weight excluding hydrogens is 212 g/mol. The van der Waals surface area contributed by atoms with Crippen LogP contribution in [0.2, 0.25) is 0 Å². The van der Waals surface area contributed by atoms with E-state index in [1.165, 1.54) is 25.7 Å². The predicted molar refractivity (Wildman–Crippen MR) is 69.5 cm³/mol. The molecule has 98 valence electrons. The van der Waals surface area contributed by atoms with Crippen LogP contribution in [0.15, 0.2) is 0 Å². The number of carbonyl (C=O) groups is 1. The zero-order chi connectivity index (χ0) is 12.4. The van der Waals surface area contributed by atoms with Gasteiger partial charge in [-0.05, 0) is 50.4 Å². The summed E-state index contributed by atoms with van der Waals surface area (Å²) in [6.45, 7) is 2.91. The second kappa shape index (κ2) is 5.38. The van der Waals surface area contributed by atoms with Gasteiger partial charge in [0.25, 0.3) is 0 Å². The van der Waals surface area contributed by atoms with Gasteiger partial charge in [0.05, 0.1) is 0 Å². The van der Waals surface area contributed by atoms with E-state index >= 15 is 0 Å². The number of hydrogen-bond donors (Lipinski definition) is 1. The molecule has 0 bridgehead atoms. The van der Waals surface area contributed by atoms with Crippen molar-refractivity contribution in [1.29, 1.82) is 0 Å². The highest BCUT2D eigenvalue weighted by molar-refractivity contribution is 5.79. The minimum absolute atomic E-state index is 0.268. The van der Waals surface area contributed by atoms with E-state index in [1.54, 1.807) is 0 Å². The molecule has 3 nitrogen and oxygen atoms in total. The molecule has 0 aromatic carbocycles. The average Bonchev–Trinajstić information content (AvgIpc) is 3.14. The fourth-order valence-electron chi connectivity index (χ4n) is 3.11. The summed E-state index contributed by atoms with van der Waals surface area (Å²) in [6.07, 6.45) is 7.07. The molecule has 0 radical (unpaired) electrons. The minimum Gasteiger partial charge on any atom is -0.341 e. The van der Waals surface area contributed by atoms with Crippen molar-refractivity contribution in [3.05, 3.63) is 0 Å². The summed E-state index contributed by atoms with van der Waals surface area (Å²) in [4.78, 5) is 14.4. The number of nitrogens with zero attached hydrogens (tertiary/aromatic N) is 1. The average molecular weight is 238 g/mol. The number of amides is 1. The Kier molecular flexibility index (Phi) is 4.08. The van der Waals surface area contributed by atoms with Crippen LogP contribution in [0.4, 0.5) is 0 Å². The van der Waals surface area contributed by atoms with E-state index in [-0.39, 0.29) is 5.92 Å². The van der Waals surface area contributed by atoms with E-state index in [0.29, 0.717) is 24.4 Å². The molecule has 2 saturated carbocycles. The summed E-state index contributed by atoms with van der Waals surface area (Å²) in [5.74, 6) is 2.10. The molecule has 2 fully saturated rings. The van der Waals surface area contributed by atoms with Gasteiger partial charge >= 0.3 is 0 Å². The van der Waals surface area contributed by atoms with E-state index in [9.17, 15) is 4.79 Å². The monoisotopic (exact) mass is 238 g/mol. The van der Waals surface area contributed by atoms with Crippen LogP contribution in [0.5, 0.6) is 0 Å². The van der Waals surface area contributed by atoms with Crippen LogP contribution >= 0.6 is 0 Å². The fraction of sp³-hybridized carbons (Fsp3) is 0.929. The highest BCUT2D eigenvalue weighted by Gasteiger charge is 2.37. The minimum atomic E-state index is 0.268. The summed E-state index contributed by atoms with van der Waals surface area (Å²) in [5, 5.41) is 0. The molecule has 2 aliphatic rings. The smallest absolute Gasteiger partial charge is 0.225 e. The lowest BCUT2D eigenvalue weighted by Crippen LogP contribution is -2.46. The summed E-state index contributed by atoms with van der Waals surface area (Å²) >= 11 is 0. The number of hydrogen-bond acceptors (Lipinski definition) is 2. The highest BCUT2D eigenvalue weighted by atomic mass is 16.2. The van der Waals surface area contributed by atoms with Gasteiger partial charge in [0, 0.05) is 25.6 Å². The molecule has 3 heteroatoms. The Hall–Kier alpha value is -0.570. The Morgan fingerprint density at radius 1 is 1.24 bits per heavy atom. The third-order valence-corrected chi connectivity index (χ3v) is 4.62. The third-order valence-electron chi connectivity index (χ3n) is 4.62. The molecule has 0 aliphatic heterocycles. The van der Waals surface area contributed by atoms with Gasteiger partial charge in [-0.1, -0.05) is 6.92 Å². The molecule has 1 unspecified atom stereocenters. The standard InChI is InChI=1S/C14H26N2O/c1-10-3-5-12(6-4-10)14(17)16(2)13(9-15)11-7-8-11/h10-13H,3-9,15H2,1-2H3. The quantitative estimate of drug-likeness (QED) is 0.814. The first-order valence-electron chi connectivity index (χ1n) is 7.10. The van der Waals surface area contributed by atoms with Gasteiger partial charge in [-0.15, -0.1) is 0 Å². The van der Waals surface area contributed by atoms with Crippen molar-refractivity contribution in [2.45, 2.75) is 51.5 Å². The molecule has 1 amide bonds. The Morgan fingerprint density at radius 3 is 2.29 bits per heavy atom. The van der Waals surface area contributed by atoms with Gasteiger partial charge < -0.3 is 10.6 Å². The Bertz CT molecular complexity index is 267. The SMILES string of the molecule is CC1CCC(C(=O)N(C)C(CN)C2CC2)CC1. The van der Waals surface area contributed by atoms with Crippen molar-refractivity contribution in [2.24, 2.45) is 23.5 Å². The van der Waals surface area contributed by atoms with Gasteiger partial charge in [0.15, 0.2) is 0 Å². The highest BCUT2D eigenvalue weighted by Crippen LogP contribution is 2.36. The number of carbonyl (C=O) groups excluding carboxylic acids is 1. The first kappa shape index (κ1) is 12.9. The molecular formula is C14H26N2O. The van der Waals surface area contributed by atoms with Crippen molar-refractivity contribution < 1.29 is 4.79 Å². The molecule has 0 heterocycles. The Labute approximate surface area is 105 Å². The first-order chi connectivity index (χ1) is 8.13. The summed E-state index contributed by atoms with van der Waals surface area (Å²) in [6, 6.07) is 0.293. The van der Waals surface area contributed by atoms with Crippen LogP contribution < -0.4 is 5.73 Å². The normalized spacial score (nSPS) is 31.0. The van der Waals surface area contributed by atoms with Gasteiger partial charge in [-0.25, -0.2) is 0 Å². The summed E-state index contributed by atoms with van der Waals surface area (Å²) in [7, 11) is 1.95. The predicted octanol–water partition coefficient (Wildman–Crippen LogP) is 2.01. The van der Waals surface area contributed by atoms with E-state index in [0.717, 1.165) is 18.8 Å². The second-order valence-corrected chi connectivity index (χ2v) is 6.05. The molecule has 0 spiro atoms. The van der Waals surface area contributed by atoms with Gasteiger partial charge in [-0.2, -0.15) is 0 Å². The number of likely N-dealkylation sites (N-methyl/N-ethyl adjacent to an activating group) is 1. The van der Waals surface area contributed by atoms with Crippen molar-refractivity contribution in [3.8, 4) is 0 Å². The van der Waals surface area contributed by atoms with Gasteiger partial charge in [0.2, 0.25) is 5.91 Å². The van der Waals surface area contributed by atoms with Gasteiger partial charge in [0.1, 0.15) is 0 Å². The lowest BCUT2D eigenvalue weighted by molar-refractivity contribution is -0.137. The van der Waals surface area contributed by atoms with E-state index in [2.05, 4.69) is 6.92 Å². The Morgan fingerprint density at radius 2 is 1.82 bits per heavy atom. The molecule has 17 heavy (non-hydrogen) atoms. The Balaban J connectivity index is 1.89. The van der Waals surface area contributed by atoms with Crippen LogP contribution in [-0.2, 0) is 4.79 Å². The maximum absolute atomic E-state index is 12.4. The summed E-state index contributed by atoms with van der Waals surface area (Å²) < 4.78 is 0. The molecule has 2 rings (SSSR count). The number of nitrogens with two attached hydrogens (primary N) is 1. The summed E-state index contributed by atoms with van der Waals surface area (Å²) in [5.41, 5.74) is 5.81. The molecule has 0 saturated heterocycles. The van der Waals surface area contributed by atoms with Crippen LogP contribution in [0.3, 0.4) is 0 Å². The number of rotatable bonds is 4. The van der Waals surface area contributed by atoms with Crippen molar-refractivity contribution in [3.63, 3.8) is 0 Å². The van der Waals surface area contributed by atoms with Crippen molar-refractivity contribution in [2.75, 3.05) is 13.6 Å². The zero-order valence-corrected chi connectivity index (χ0v) is 11.2. The van der Waals surface area contributed by atoms with Crippen LogP contribution in [0, 0.1) is 17.8 Å². The van der Waals surface area contributed by atoms with Crippen LogP contribution in [-0.4, -0.2) is 30.4 Å².